The molecule has 0 spiro atoms. The molecule has 4 heteroatoms. The maximum atomic E-state index is 11.8. The molecule has 2 N–H and O–H groups in total. The van der Waals surface area contributed by atoms with Gasteiger partial charge in [0.15, 0.2) is 5.78 Å². The van der Waals surface area contributed by atoms with Crippen LogP contribution in [0.3, 0.4) is 0 Å². The first-order valence-corrected chi connectivity index (χ1v) is 5.30. The highest BCUT2D eigenvalue weighted by molar-refractivity contribution is 5.97. The largest absolute Gasteiger partial charge is 0.395 e. The van der Waals surface area contributed by atoms with E-state index in [4.69, 9.17) is 10.2 Å². The van der Waals surface area contributed by atoms with E-state index in [0.29, 0.717) is 18.7 Å². The first-order valence-electron chi connectivity index (χ1n) is 5.30. The van der Waals surface area contributed by atoms with Crippen LogP contribution in [0, 0.1) is 0 Å². The predicted molar refractivity (Wildman–Crippen MR) is 61.4 cm³/mol. The minimum Gasteiger partial charge on any atom is -0.395 e. The average molecular weight is 223 g/mol. The zero-order valence-corrected chi connectivity index (χ0v) is 9.17. The quantitative estimate of drug-likeness (QED) is 0.646. The van der Waals surface area contributed by atoms with Crippen LogP contribution in [-0.2, 0) is 0 Å². The van der Waals surface area contributed by atoms with Crippen LogP contribution in [0.4, 0.5) is 0 Å². The lowest BCUT2D eigenvalue weighted by Crippen LogP contribution is -2.34. The number of nitrogens with zero attached hydrogens (tertiary/aromatic N) is 1. The monoisotopic (exact) mass is 223 g/mol. The molecular formula is C12H17NO3. The summed E-state index contributed by atoms with van der Waals surface area (Å²) in [5, 5.41) is 17.6. The van der Waals surface area contributed by atoms with Crippen molar-refractivity contribution >= 4 is 5.78 Å². The molecule has 0 aromatic heterocycles. The van der Waals surface area contributed by atoms with Gasteiger partial charge >= 0.3 is 0 Å². The lowest BCUT2D eigenvalue weighted by atomic mass is 10.1. The third-order valence-corrected chi connectivity index (χ3v) is 2.30. The van der Waals surface area contributed by atoms with Crippen molar-refractivity contribution in [3.63, 3.8) is 0 Å². The van der Waals surface area contributed by atoms with Gasteiger partial charge in [-0.3, -0.25) is 9.69 Å². The van der Waals surface area contributed by atoms with Gasteiger partial charge in [0.2, 0.25) is 0 Å². The number of hydrogen-bond acceptors (Lipinski definition) is 4. The van der Waals surface area contributed by atoms with Crippen molar-refractivity contribution in [3.8, 4) is 0 Å². The Morgan fingerprint density at radius 2 is 1.62 bits per heavy atom. The van der Waals surface area contributed by atoms with Crippen LogP contribution in [0.15, 0.2) is 30.3 Å². The van der Waals surface area contributed by atoms with Crippen molar-refractivity contribution < 1.29 is 15.0 Å². The molecule has 0 bridgehead atoms. The molecule has 88 valence electrons. The van der Waals surface area contributed by atoms with E-state index in [-0.39, 0.29) is 25.5 Å². The van der Waals surface area contributed by atoms with Crippen LogP contribution >= 0.6 is 0 Å². The van der Waals surface area contributed by atoms with Crippen LogP contribution in [0.1, 0.15) is 10.4 Å². The Morgan fingerprint density at radius 3 is 2.12 bits per heavy atom. The molecular weight excluding hydrogens is 206 g/mol. The van der Waals surface area contributed by atoms with Gasteiger partial charge in [0.05, 0.1) is 19.8 Å². The second kappa shape index (κ2) is 7.11. The number of aliphatic hydroxyl groups is 2. The van der Waals surface area contributed by atoms with Gasteiger partial charge in [0.25, 0.3) is 0 Å². The van der Waals surface area contributed by atoms with Gasteiger partial charge < -0.3 is 10.2 Å². The maximum Gasteiger partial charge on any atom is 0.176 e. The molecule has 1 aromatic carbocycles. The minimum atomic E-state index is -0.0118. The Balaban J connectivity index is 2.54. The summed E-state index contributed by atoms with van der Waals surface area (Å²) in [6.45, 7) is 1.01. The van der Waals surface area contributed by atoms with Gasteiger partial charge in [-0.2, -0.15) is 0 Å². The molecule has 0 unspecified atom stereocenters. The van der Waals surface area contributed by atoms with Crippen LogP contribution in [-0.4, -0.2) is 53.7 Å². The van der Waals surface area contributed by atoms with Crippen molar-refractivity contribution in [3.05, 3.63) is 35.9 Å². The Labute approximate surface area is 95.1 Å². The van der Waals surface area contributed by atoms with Crippen LogP contribution in [0.25, 0.3) is 0 Å². The third-order valence-electron chi connectivity index (χ3n) is 2.30. The van der Waals surface area contributed by atoms with E-state index in [0.717, 1.165) is 0 Å². The highest BCUT2D eigenvalue weighted by Gasteiger charge is 2.11. The molecule has 0 heterocycles. The Hall–Kier alpha value is -1.23. The summed E-state index contributed by atoms with van der Waals surface area (Å²) < 4.78 is 0. The predicted octanol–water partition coefficient (Wildman–Crippen LogP) is 0.156. The van der Waals surface area contributed by atoms with E-state index in [1.54, 1.807) is 17.0 Å². The zero-order chi connectivity index (χ0) is 11.8. The van der Waals surface area contributed by atoms with Crippen LogP contribution < -0.4 is 0 Å². The van der Waals surface area contributed by atoms with E-state index in [1.807, 2.05) is 18.2 Å². The Morgan fingerprint density at radius 1 is 1.06 bits per heavy atom. The molecule has 0 radical (unpaired) electrons. The summed E-state index contributed by atoms with van der Waals surface area (Å²) in [6.07, 6.45) is 0. The minimum absolute atomic E-state index is 0.00231. The number of benzene rings is 1. The van der Waals surface area contributed by atoms with Gasteiger partial charge in [-0.25, -0.2) is 0 Å². The van der Waals surface area contributed by atoms with E-state index in [9.17, 15) is 4.79 Å². The van der Waals surface area contributed by atoms with Crippen LogP contribution in [0.5, 0.6) is 0 Å². The standard InChI is InChI=1S/C12H17NO3/c14-8-6-13(7-9-15)10-12(16)11-4-2-1-3-5-11/h1-5,14-15H,6-10H2. The van der Waals surface area contributed by atoms with Gasteiger partial charge in [0.1, 0.15) is 0 Å². The number of ketones is 1. The van der Waals surface area contributed by atoms with Gasteiger partial charge in [-0.1, -0.05) is 30.3 Å². The normalized spacial score (nSPS) is 10.7. The van der Waals surface area contributed by atoms with E-state index in [1.165, 1.54) is 0 Å². The van der Waals surface area contributed by atoms with E-state index in [2.05, 4.69) is 0 Å². The highest BCUT2D eigenvalue weighted by Crippen LogP contribution is 2.01. The Kier molecular flexibility index (Phi) is 5.71. The first-order chi connectivity index (χ1) is 7.77. The van der Waals surface area contributed by atoms with Crippen molar-refractivity contribution in [2.45, 2.75) is 0 Å². The molecule has 16 heavy (non-hydrogen) atoms. The smallest absolute Gasteiger partial charge is 0.176 e. The second-order valence-corrected chi connectivity index (χ2v) is 3.51. The number of carbonyl (C=O) groups is 1. The summed E-state index contributed by atoms with van der Waals surface area (Å²) in [6, 6.07) is 9.01. The average Bonchev–Trinajstić information content (AvgIpc) is 2.31. The van der Waals surface area contributed by atoms with Crippen molar-refractivity contribution in [1.29, 1.82) is 0 Å². The number of rotatable bonds is 7. The summed E-state index contributed by atoms with van der Waals surface area (Å²) in [4.78, 5) is 13.5. The lowest BCUT2D eigenvalue weighted by Gasteiger charge is -2.18. The molecule has 1 aromatic rings. The van der Waals surface area contributed by atoms with Crippen molar-refractivity contribution in [2.75, 3.05) is 32.8 Å². The maximum absolute atomic E-state index is 11.8. The molecule has 1 rings (SSSR count). The van der Waals surface area contributed by atoms with Crippen molar-refractivity contribution in [2.24, 2.45) is 0 Å². The number of Topliss-reactive ketones (excluding diaryl/α,β-unsaturated/α-hetero) is 1. The van der Waals surface area contributed by atoms with Crippen molar-refractivity contribution in [1.82, 2.24) is 4.90 Å². The van der Waals surface area contributed by atoms with E-state index >= 15 is 0 Å². The number of aliphatic hydroxyl groups excluding tert-OH is 2. The lowest BCUT2D eigenvalue weighted by molar-refractivity contribution is 0.0894. The fourth-order valence-corrected chi connectivity index (χ4v) is 1.47. The molecule has 4 nitrogen and oxygen atoms in total. The topological polar surface area (TPSA) is 60.8 Å². The summed E-state index contributed by atoms with van der Waals surface area (Å²) in [5.74, 6) is 0.00231. The zero-order valence-electron chi connectivity index (χ0n) is 9.17. The molecule has 0 aliphatic heterocycles. The van der Waals surface area contributed by atoms with Gasteiger partial charge in [-0.05, 0) is 0 Å². The number of hydrogen-bond donors (Lipinski definition) is 2. The summed E-state index contributed by atoms with van der Waals surface area (Å²) in [7, 11) is 0. The SMILES string of the molecule is O=C(CN(CCO)CCO)c1ccccc1. The van der Waals surface area contributed by atoms with Gasteiger partial charge in [-0.15, -0.1) is 0 Å². The molecule has 0 saturated carbocycles. The Bertz CT molecular complexity index is 307. The molecule has 0 aliphatic carbocycles. The highest BCUT2D eigenvalue weighted by atomic mass is 16.3. The fraction of sp³-hybridized carbons (Fsp3) is 0.417. The first kappa shape index (κ1) is 12.8. The second-order valence-electron chi connectivity index (χ2n) is 3.51. The van der Waals surface area contributed by atoms with Crippen LogP contribution in [0.2, 0.25) is 0 Å². The molecule has 0 fully saturated rings. The molecule has 0 atom stereocenters. The molecule has 0 aliphatic rings. The fourth-order valence-electron chi connectivity index (χ4n) is 1.47. The van der Waals surface area contributed by atoms with E-state index < -0.39 is 0 Å². The molecule has 0 saturated heterocycles. The molecule has 0 amide bonds. The summed E-state index contributed by atoms with van der Waals surface area (Å²) >= 11 is 0. The number of carbonyl (C=O) groups excluding carboxylic acids is 1. The third kappa shape index (κ3) is 4.10. The van der Waals surface area contributed by atoms with Gasteiger partial charge in [0, 0.05) is 18.7 Å². The summed E-state index contributed by atoms with van der Waals surface area (Å²) in [5.41, 5.74) is 0.656.